The molecular weight excluding hydrogens is 379 g/mol. The number of rotatable bonds is 6. The second kappa shape index (κ2) is 7.58. The van der Waals surface area contributed by atoms with Crippen LogP contribution in [0.3, 0.4) is 0 Å². The normalized spacial score (nSPS) is 28.2. The Labute approximate surface area is 164 Å². The quantitative estimate of drug-likeness (QED) is 0.564. The Hall–Kier alpha value is -1.76. The molecule has 0 saturated carbocycles. The number of ether oxygens (including phenoxy) is 1. The summed E-state index contributed by atoms with van der Waals surface area (Å²) in [5.74, 6) is 1.53. The minimum Gasteiger partial charge on any atom is -0.497 e. The maximum Gasteiger partial charge on any atom is 0.470 e. The van der Waals surface area contributed by atoms with Gasteiger partial charge >= 0.3 is 7.82 Å². The summed E-state index contributed by atoms with van der Waals surface area (Å²) in [4.78, 5) is 25.9. The van der Waals surface area contributed by atoms with Gasteiger partial charge in [-0.2, -0.15) is 0 Å². The largest absolute Gasteiger partial charge is 0.497 e. The van der Waals surface area contributed by atoms with Crippen LogP contribution >= 0.6 is 7.82 Å². The zero-order valence-electron chi connectivity index (χ0n) is 15.8. The number of hydrogen-bond donors (Lipinski definition) is 2. The van der Waals surface area contributed by atoms with Crippen LogP contribution in [0.5, 0.6) is 5.75 Å². The smallest absolute Gasteiger partial charge is 0.470 e. The summed E-state index contributed by atoms with van der Waals surface area (Å²) >= 11 is 0. The van der Waals surface area contributed by atoms with Gasteiger partial charge in [0.15, 0.2) is 0 Å². The lowest BCUT2D eigenvalue weighted by atomic mass is 9.73. The fourth-order valence-electron chi connectivity index (χ4n) is 4.70. The first kappa shape index (κ1) is 19.6. The van der Waals surface area contributed by atoms with Crippen molar-refractivity contribution in [3.05, 3.63) is 48.7 Å². The van der Waals surface area contributed by atoms with E-state index in [1.165, 1.54) is 0 Å². The van der Waals surface area contributed by atoms with Gasteiger partial charge < -0.3 is 14.5 Å². The van der Waals surface area contributed by atoms with E-state index in [-0.39, 0.29) is 6.04 Å². The predicted molar refractivity (Wildman–Crippen MR) is 106 cm³/mol. The Morgan fingerprint density at radius 3 is 2.86 bits per heavy atom. The van der Waals surface area contributed by atoms with Crippen molar-refractivity contribution >= 4 is 18.7 Å². The molecule has 3 aliphatic heterocycles. The van der Waals surface area contributed by atoms with Gasteiger partial charge in [0.2, 0.25) is 0 Å². The predicted octanol–water partition coefficient (Wildman–Crippen LogP) is 3.29. The number of pyridine rings is 1. The van der Waals surface area contributed by atoms with Crippen molar-refractivity contribution in [1.82, 2.24) is 9.88 Å². The van der Waals surface area contributed by atoms with Crippen LogP contribution in [-0.2, 0) is 9.09 Å². The number of benzene rings is 1. The van der Waals surface area contributed by atoms with Gasteiger partial charge in [-0.15, -0.1) is 6.58 Å². The lowest BCUT2D eigenvalue weighted by molar-refractivity contribution is -0.0430. The highest BCUT2D eigenvalue weighted by molar-refractivity contribution is 7.46. The van der Waals surface area contributed by atoms with E-state index in [0.717, 1.165) is 42.4 Å². The average Bonchev–Trinajstić information content (AvgIpc) is 2.70. The first-order chi connectivity index (χ1) is 13.4. The summed E-state index contributed by atoms with van der Waals surface area (Å²) < 4.78 is 22.6. The summed E-state index contributed by atoms with van der Waals surface area (Å²) in [6.07, 6.45) is 4.78. The minimum atomic E-state index is -4.69. The van der Waals surface area contributed by atoms with E-state index < -0.39 is 13.9 Å². The van der Waals surface area contributed by atoms with Gasteiger partial charge in [-0.25, -0.2) is 4.57 Å². The molecule has 1 aromatic carbocycles. The van der Waals surface area contributed by atoms with Crippen LogP contribution in [0.4, 0.5) is 0 Å². The number of fused-ring (bicyclic) bond motifs is 4. The number of hydrogen-bond acceptors (Lipinski definition) is 5. The standard InChI is InChI=1S/C20H25N2O5P/c1-3-13-12-22-9-7-14(13)10-19(22)20(27-28(23,24)25)16-6-8-21-18-5-4-15(26-2)11-17(16)18/h3-6,8,11,13-14,19-20H,1,7,9-10,12H2,2H3,(H2,23,24,25)/t13-,14-,19-,20+/m0/s1. The highest BCUT2D eigenvalue weighted by Crippen LogP contribution is 2.50. The highest BCUT2D eigenvalue weighted by atomic mass is 31.2. The van der Waals surface area contributed by atoms with Crippen LogP contribution in [-0.4, -0.2) is 45.9 Å². The lowest BCUT2D eigenvalue weighted by Crippen LogP contribution is -2.55. The highest BCUT2D eigenvalue weighted by Gasteiger charge is 2.45. The van der Waals surface area contributed by atoms with E-state index in [2.05, 4.69) is 16.5 Å². The molecule has 2 N–H and O–H groups in total. The molecule has 4 heterocycles. The molecule has 1 aromatic heterocycles. The van der Waals surface area contributed by atoms with E-state index in [9.17, 15) is 14.4 Å². The van der Waals surface area contributed by atoms with Crippen molar-refractivity contribution in [2.24, 2.45) is 11.8 Å². The van der Waals surface area contributed by atoms with Crippen molar-refractivity contribution in [3.63, 3.8) is 0 Å². The molecule has 2 aromatic rings. The molecule has 8 heteroatoms. The molecule has 0 aliphatic carbocycles. The van der Waals surface area contributed by atoms with E-state index in [0.29, 0.717) is 17.6 Å². The molecule has 150 valence electrons. The fraction of sp³-hybridized carbons (Fsp3) is 0.450. The van der Waals surface area contributed by atoms with Crippen molar-refractivity contribution in [3.8, 4) is 5.75 Å². The topological polar surface area (TPSA) is 92.1 Å². The molecule has 0 amide bonds. The van der Waals surface area contributed by atoms with Crippen LogP contribution < -0.4 is 4.74 Å². The fourth-order valence-corrected chi connectivity index (χ4v) is 5.25. The Bertz CT molecular complexity index is 930. The average molecular weight is 404 g/mol. The second-order valence-electron chi connectivity index (χ2n) is 7.55. The summed E-state index contributed by atoms with van der Waals surface area (Å²) in [5.41, 5.74) is 1.46. The van der Waals surface area contributed by atoms with E-state index in [4.69, 9.17) is 9.26 Å². The number of aromatic nitrogens is 1. The Balaban J connectivity index is 1.79. The van der Waals surface area contributed by atoms with Crippen LogP contribution in [0, 0.1) is 11.8 Å². The Morgan fingerprint density at radius 1 is 1.39 bits per heavy atom. The third-order valence-electron chi connectivity index (χ3n) is 6.04. The number of methoxy groups -OCH3 is 1. The molecular formula is C20H25N2O5P. The van der Waals surface area contributed by atoms with E-state index >= 15 is 0 Å². The molecule has 3 fully saturated rings. The first-order valence-corrected chi connectivity index (χ1v) is 11.0. The molecule has 1 unspecified atom stereocenters. The Morgan fingerprint density at radius 2 is 2.21 bits per heavy atom. The van der Waals surface area contributed by atoms with Gasteiger partial charge in [0.05, 0.1) is 12.6 Å². The molecule has 7 nitrogen and oxygen atoms in total. The summed E-state index contributed by atoms with van der Waals surface area (Å²) in [6, 6.07) is 7.18. The molecule has 3 aliphatic rings. The molecule has 0 radical (unpaired) electrons. The third-order valence-corrected chi connectivity index (χ3v) is 6.55. The van der Waals surface area contributed by atoms with Gasteiger partial charge in [-0.1, -0.05) is 6.08 Å². The van der Waals surface area contributed by atoms with Gasteiger partial charge in [-0.3, -0.25) is 14.4 Å². The van der Waals surface area contributed by atoms with Crippen LogP contribution in [0.1, 0.15) is 24.5 Å². The van der Waals surface area contributed by atoms with Crippen molar-refractivity contribution in [1.29, 1.82) is 0 Å². The lowest BCUT2D eigenvalue weighted by Gasteiger charge is -2.51. The van der Waals surface area contributed by atoms with Gasteiger partial charge in [-0.05, 0) is 61.1 Å². The molecule has 0 spiro atoms. The number of phosphoric ester groups is 1. The molecule has 5 atom stereocenters. The summed E-state index contributed by atoms with van der Waals surface area (Å²) in [5, 5.41) is 0.781. The minimum absolute atomic E-state index is 0.112. The van der Waals surface area contributed by atoms with Crippen LogP contribution in [0.2, 0.25) is 0 Å². The van der Waals surface area contributed by atoms with Crippen LogP contribution in [0.25, 0.3) is 10.9 Å². The SMILES string of the molecule is C=C[C@H]1CN2CC[C@H]1C[C@H]2[C@H](OP(=O)(O)O)c1ccnc2ccc(OC)cc12. The summed E-state index contributed by atoms with van der Waals surface area (Å²) in [6.45, 7) is 5.68. The maximum absolute atomic E-state index is 11.8. The summed E-state index contributed by atoms with van der Waals surface area (Å²) in [7, 11) is -3.11. The van der Waals surface area contributed by atoms with Gasteiger partial charge in [0, 0.05) is 24.2 Å². The monoisotopic (exact) mass is 404 g/mol. The zero-order chi connectivity index (χ0) is 19.9. The van der Waals surface area contributed by atoms with E-state index in [1.54, 1.807) is 19.4 Å². The van der Waals surface area contributed by atoms with Crippen molar-refractivity contribution in [2.75, 3.05) is 20.2 Å². The number of nitrogens with zero attached hydrogens (tertiary/aromatic N) is 2. The van der Waals surface area contributed by atoms with Gasteiger partial charge in [0.25, 0.3) is 0 Å². The van der Waals surface area contributed by atoms with E-state index in [1.807, 2.05) is 24.3 Å². The second-order valence-corrected chi connectivity index (χ2v) is 8.74. The molecule has 5 rings (SSSR count). The molecule has 2 bridgehead atoms. The Kier molecular flexibility index (Phi) is 5.29. The van der Waals surface area contributed by atoms with Crippen molar-refractivity contribution < 1.29 is 23.6 Å². The molecule has 3 saturated heterocycles. The zero-order valence-corrected chi connectivity index (χ0v) is 16.7. The third kappa shape index (κ3) is 3.73. The van der Waals surface area contributed by atoms with Gasteiger partial charge in [0.1, 0.15) is 11.9 Å². The maximum atomic E-state index is 11.8. The van der Waals surface area contributed by atoms with Crippen molar-refractivity contribution in [2.45, 2.75) is 25.0 Å². The number of piperidine rings is 3. The van der Waals surface area contributed by atoms with Crippen LogP contribution in [0.15, 0.2) is 43.1 Å². The first-order valence-electron chi connectivity index (χ1n) is 9.43. The number of phosphoric acid groups is 1. The molecule has 28 heavy (non-hydrogen) atoms.